The number of benzene rings is 2. The van der Waals surface area contributed by atoms with Crippen molar-refractivity contribution in [2.24, 2.45) is 5.10 Å². The van der Waals surface area contributed by atoms with Crippen LogP contribution in [0.15, 0.2) is 52.0 Å². The molecule has 0 aliphatic carbocycles. The number of aromatic amines is 1. The number of aromatic nitrogens is 2. The predicted octanol–water partition coefficient (Wildman–Crippen LogP) is 4.62. The molecule has 3 N–H and O–H groups in total. The van der Waals surface area contributed by atoms with E-state index in [2.05, 4.69) is 36.7 Å². The largest absolute Gasteiger partial charge is 0.507 e. The third-order valence-electron chi connectivity index (χ3n) is 3.34. The first kappa shape index (κ1) is 18.4. The summed E-state index contributed by atoms with van der Waals surface area (Å²) in [6, 6.07) is 11.4. The van der Waals surface area contributed by atoms with E-state index in [1.807, 2.05) is 0 Å². The lowest BCUT2D eigenvalue weighted by atomic mass is 10.1. The molecule has 3 rings (SSSR count). The minimum atomic E-state index is -0.484. The van der Waals surface area contributed by atoms with E-state index in [0.29, 0.717) is 26.9 Å². The van der Waals surface area contributed by atoms with E-state index in [1.165, 1.54) is 12.3 Å². The molecule has 1 amide bonds. The van der Waals surface area contributed by atoms with Crippen LogP contribution in [0.1, 0.15) is 16.1 Å². The molecule has 0 unspecified atom stereocenters. The van der Waals surface area contributed by atoms with E-state index in [4.69, 9.17) is 23.2 Å². The maximum atomic E-state index is 12.1. The fourth-order valence-electron chi connectivity index (χ4n) is 2.14. The number of carbonyl (C=O) groups is 1. The zero-order valence-electron chi connectivity index (χ0n) is 13.0. The SMILES string of the molecule is O=C(NN=Cc1cc(Br)ccc1O)c1cc(-c2cc(Cl)cc(Cl)c2)n[nH]1. The third-order valence-corrected chi connectivity index (χ3v) is 4.27. The van der Waals surface area contributed by atoms with Crippen LogP contribution in [0.5, 0.6) is 5.75 Å². The summed E-state index contributed by atoms with van der Waals surface area (Å²) in [5, 5.41) is 21.2. The first-order chi connectivity index (χ1) is 12.4. The van der Waals surface area contributed by atoms with Gasteiger partial charge in [-0.3, -0.25) is 9.89 Å². The molecular weight excluding hydrogens is 443 g/mol. The lowest BCUT2D eigenvalue weighted by Crippen LogP contribution is -2.18. The molecule has 0 aliphatic rings. The van der Waals surface area contributed by atoms with Crippen molar-refractivity contribution in [2.75, 3.05) is 0 Å². The number of H-pyrrole nitrogens is 1. The summed E-state index contributed by atoms with van der Waals surface area (Å²) in [6.07, 6.45) is 1.34. The second-order valence-electron chi connectivity index (χ2n) is 5.23. The number of halogens is 3. The van der Waals surface area contributed by atoms with Crippen molar-refractivity contribution in [3.63, 3.8) is 0 Å². The van der Waals surface area contributed by atoms with Gasteiger partial charge in [-0.1, -0.05) is 39.1 Å². The lowest BCUT2D eigenvalue weighted by molar-refractivity contribution is 0.0950. The normalized spacial score (nSPS) is 11.0. The summed E-state index contributed by atoms with van der Waals surface area (Å²) in [5.41, 5.74) is 4.24. The highest BCUT2D eigenvalue weighted by Crippen LogP contribution is 2.26. The lowest BCUT2D eigenvalue weighted by Gasteiger charge is -2.00. The van der Waals surface area contributed by atoms with E-state index in [-0.39, 0.29) is 11.4 Å². The number of nitrogens with one attached hydrogen (secondary N) is 2. The number of phenolic OH excluding ortho intramolecular Hbond substituents is 1. The molecule has 0 radical (unpaired) electrons. The van der Waals surface area contributed by atoms with Crippen LogP contribution in [0.3, 0.4) is 0 Å². The molecule has 0 bridgehead atoms. The van der Waals surface area contributed by atoms with E-state index >= 15 is 0 Å². The average Bonchev–Trinajstić information content (AvgIpc) is 3.07. The van der Waals surface area contributed by atoms with E-state index in [0.717, 1.165) is 4.47 Å². The number of rotatable bonds is 4. The highest BCUT2D eigenvalue weighted by Gasteiger charge is 2.11. The minimum Gasteiger partial charge on any atom is -0.507 e. The Morgan fingerprint density at radius 1 is 1.19 bits per heavy atom. The Kier molecular flexibility index (Phi) is 5.61. The summed E-state index contributed by atoms with van der Waals surface area (Å²) >= 11 is 15.2. The van der Waals surface area contributed by atoms with Gasteiger partial charge in [-0.2, -0.15) is 10.2 Å². The first-order valence-electron chi connectivity index (χ1n) is 7.26. The molecule has 1 aromatic heterocycles. The summed E-state index contributed by atoms with van der Waals surface area (Å²) in [6.45, 7) is 0. The van der Waals surface area contributed by atoms with E-state index in [9.17, 15) is 9.90 Å². The van der Waals surface area contributed by atoms with Gasteiger partial charge >= 0.3 is 0 Å². The summed E-state index contributed by atoms with van der Waals surface area (Å²) in [4.78, 5) is 12.1. The fourth-order valence-corrected chi connectivity index (χ4v) is 3.04. The van der Waals surface area contributed by atoms with Crippen molar-refractivity contribution in [3.05, 3.63) is 68.2 Å². The number of hydrazone groups is 1. The van der Waals surface area contributed by atoms with Gasteiger partial charge in [0.1, 0.15) is 11.4 Å². The maximum absolute atomic E-state index is 12.1. The van der Waals surface area contributed by atoms with Crippen LogP contribution in [0, 0.1) is 0 Å². The first-order valence-corrected chi connectivity index (χ1v) is 8.81. The number of hydrogen-bond acceptors (Lipinski definition) is 4. The fraction of sp³-hybridized carbons (Fsp3) is 0. The van der Waals surface area contributed by atoms with Crippen molar-refractivity contribution >= 4 is 51.3 Å². The Balaban J connectivity index is 1.72. The molecule has 0 fully saturated rings. The Labute approximate surface area is 167 Å². The van der Waals surface area contributed by atoms with Crippen molar-refractivity contribution in [2.45, 2.75) is 0 Å². The standard InChI is InChI=1S/C17H11BrCl2N4O2/c18-11-1-2-16(25)10(3-11)8-21-24-17(26)15-7-14(22-23-15)9-4-12(19)6-13(20)5-9/h1-8,25H,(H,22,23)(H,24,26). The number of nitrogens with zero attached hydrogens (tertiary/aromatic N) is 2. The molecule has 132 valence electrons. The molecule has 2 aromatic carbocycles. The van der Waals surface area contributed by atoms with Crippen LogP contribution in [0.25, 0.3) is 11.3 Å². The van der Waals surface area contributed by atoms with Gasteiger partial charge in [-0.05, 0) is 42.5 Å². The number of phenols is 1. The molecular formula is C17H11BrCl2N4O2. The molecule has 0 saturated heterocycles. The minimum absolute atomic E-state index is 0.0489. The van der Waals surface area contributed by atoms with Crippen molar-refractivity contribution < 1.29 is 9.90 Å². The third kappa shape index (κ3) is 4.43. The van der Waals surface area contributed by atoms with Gasteiger partial charge in [0.2, 0.25) is 0 Å². The molecule has 26 heavy (non-hydrogen) atoms. The van der Waals surface area contributed by atoms with Crippen LogP contribution in [-0.4, -0.2) is 27.4 Å². The summed E-state index contributed by atoms with van der Waals surface area (Å²) in [5.74, 6) is -0.435. The second-order valence-corrected chi connectivity index (χ2v) is 7.02. The maximum Gasteiger partial charge on any atom is 0.289 e. The molecule has 0 spiro atoms. The second kappa shape index (κ2) is 7.90. The average molecular weight is 454 g/mol. The Hall–Kier alpha value is -2.35. The van der Waals surface area contributed by atoms with Gasteiger partial charge in [0.05, 0.1) is 11.9 Å². The predicted molar refractivity (Wildman–Crippen MR) is 105 cm³/mol. The van der Waals surface area contributed by atoms with Gasteiger partial charge in [-0.25, -0.2) is 5.43 Å². The Bertz CT molecular complexity index is 984. The van der Waals surface area contributed by atoms with Gasteiger partial charge in [-0.15, -0.1) is 0 Å². The topological polar surface area (TPSA) is 90.4 Å². The van der Waals surface area contributed by atoms with Gasteiger partial charge < -0.3 is 5.11 Å². The van der Waals surface area contributed by atoms with Crippen molar-refractivity contribution in [1.29, 1.82) is 0 Å². The quantitative estimate of drug-likeness (QED) is 0.397. The van der Waals surface area contributed by atoms with Crippen LogP contribution in [-0.2, 0) is 0 Å². The smallest absolute Gasteiger partial charge is 0.289 e. The molecule has 3 aromatic rings. The summed E-state index contributed by atoms with van der Waals surface area (Å²) in [7, 11) is 0. The Morgan fingerprint density at radius 3 is 2.65 bits per heavy atom. The highest BCUT2D eigenvalue weighted by atomic mass is 79.9. The highest BCUT2D eigenvalue weighted by molar-refractivity contribution is 9.10. The van der Waals surface area contributed by atoms with Crippen LogP contribution < -0.4 is 5.43 Å². The number of hydrogen-bond donors (Lipinski definition) is 3. The van der Waals surface area contributed by atoms with Gasteiger partial charge in [0.25, 0.3) is 5.91 Å². The molecule has 0 aliphatic heterocycles. The van der Waals surface area contributed by atoms with Crippen LogP contribution >= 0.6 is 39.1 Å². The summed E-state index contributed by atoms with van der Waals surface area (Å²) < 4.78 is 0.779. The van der Waals surface area contributed by atoms with Crippen LogP contribution in [0.2, 0.25) is 10.0 Å². The monoisotopic (exact) mass is 452 g/mol. The van der Waals surface area contributed by atoms with Gasteiger partial charge in [0, 0.05) is 25.6 Å². The number of amides is 1. The van der Waals surface area contributed by atoms with Gasteiger partial charge in [0.15, 0.2) is 0 Å². The molecule has 0 saturated carbocycles. The van der Waals surface area contributed by atoms with Crippen molar-refractivity contribution in [3.8, 4) is 17.0 Å². The number of aromatic hydroxyl groups is 1. The number of carbonyl (C=O) groups excluding carboxylic acids is 1. The molecule has 6 nitrogen and oxygen atoms in total. The molecule has 9 heteroatoms. The zero-order valence-corrected chi connectivity index (χ0v) is 16.1. The zero-order chi connectivity index (χ0) is 18.7. The van der Waals surface area contributed by atoms with E-state index < -0.39 is 5.91 Å². The molecule has 1 heterocycles. The van der Waals surface area contributed by atoms with E-state index in [1.54, 1.807) is 36.4 Å². The molecule has 0 atom stereocenters. The van der Waals surface area contributed by atoms with Crippen molar-refractivity contribution in [1.82, 2.24) is 15.6 Å². The Morgan fingerprint density at radius 2 is 1.92 bits per heavy atom. The van der Waals surface area contributed by atoms with Crippen LogP contribution in [0.4, 0.5) is 0 Å².